The molecule has 0 bridgehead atoms. The Morgan fingerprint density at radius 3 is 2.56 bits per heavy atom. The number of sulfonamides is 1. The predicted octanol–water partition coefficient (Wildman–Crippen LogP) is -1.32. The average Bonchev–Trinajstić information content (AvgIpc) is 2.66. The standard InChI is InChI=1S/C17H20N4O5S/c1-2-8-18-15(22)7-9-20-17(24)13-3-5-14(6-4-13)27(25,26)21-11-10-19-16(23)12-21/h1,3-6H,7-12H2,(H,18,22)(H,19,23)(H,20,24). The zero-order valence-corrected chi connectivity index (χ0v) is 15.3. The molecule has 0 saturated carbocycles. The molecule has 3 amide bonds. The van der Waals surface area contributed by atoms with Crippen LogP contribution in [-0.2, 0) is 19.6 Å². The van der Waals surface area contributed by atoms with Crippen LogP contribution in [0.5, 0.6) is 0 Å². The molecule has 1 aliphatic rings. The summed E-state index contributed by atoms with van der Waals surface area (Å²) in [7, 11) is -3.80. The summed E-state index contributed by atoms with van der Waals surface area (Å²) in [4.78, 5) is 34.8. The number of hydrogen-bond donors (Lipinski definition) is 3. The highest BCUT2D eigenvalue weighted by Crippen LogP contribution is 2.17. The maximum Gasteiger partial charge on any atom is 0.251 e. The van der Waals surface area contributed by atoms with Gasteiger partial charge in [-0.05, 0) is 24.3 Å². The van der Waals surface area contributed by atoms with Crippen molar-refractivity contribution in [3.63, 3.8) is 0 Å². The number of carbonyl (C=O) groups is 3. The van der Waals surface area contributed by atoms with E-state index in [4.69, 9.17) is 6.42 Å². The molecule has 144 valence electrons. The average molecular weight is 392 g/mol. The van der Waals surface area contributed by atoms with E-state index in [0.29, 0.717) is 0 Å². The first-order chi connectivity index (χ1) is 12.8. The molecule has 0 atom stereocenters. The summed E-state index contributed by atoms with van der Waals surface area (Å²) in [6, 6.07) is 5.39. The van der Waals surface area contributed by atoms with Gasteiger partial charge in [-0.1, -0.05) is 5.92 Å². The fraction of sp³-hybridized carbons (Fsp3) is 0.353. The molecule has 0 aliphatic carbocycles. The smallest absolute Gasteiger partial charge is 0.251 e. The zero-order valence-electron chi connectivity index (χ0n) is 14.5. The summed E-state index contributed by atoms with van der Waals surface area (Å²) in [6.07, 6.45) is 5.11. The van der Waals surface area contributed by atoms with Crippen LogP contribution in [0.2, 0.25) is 0 Å². The van der Waals surface area contributed by atoms with Crippen LogP contribution in [0.4, 0.5) is 0 Å². The summed E-state index contributed by atoms with van der Waals surface area (Å²) in [6.45, 7) is 0.470. The van der Waals surface area contributed by atoms with Gasteiger partial charge in [0.1, 0.15) is 0 Å². The van der Waals surface area contributed by atoms with Gasteiger partial charge in [0.05, 0.1) is 18.0 Å². The second-order valence-electron chi connectivity index (χ2n) is 5.70. The first-order valence-electron chi connectivity index (χ1n) is 8.20. The first-order valence-corrected chi connectivity index (χ1v) is 9.64. The van der Waals surface area contributed by atoms with Gasteiger partial charge in [0.15, 0.2) is 0 Å². The molecule has 0 unspecified atom stereocenters. The fourth-order valence-corrected chi connectivity index (χ4v) is 3.77. The van der Waals surface area contributed by atoms with Gasteiger partial charge in [0.25, 0.3) is 5.91 Å². The van der Waals surface area contributed by atoms with Gasteiger partial charge in [-0.2, -0.15) is 4.31 Å². The third-order valence-corrected chi connectivity index (χ3v) is 5.64. The van der Waals surface area contributed by atoms with Crippen LogP contribution in [0, 0.1) is 12.3 Å². The quantitative estimate of drug-likeness (QED) is 0.496. The highest BCUT2D eigenvalue weighted by Gasteiger charge is 2.29. The minimum atomic E-state index is -3.80. The largest absolute Gasteiger partial charge is 0.354 e. The molecule has 1 aromatic carbocycles. The first kappa shape index (κ1) is 20.4. The number of piperazine rings is 1. The summed E-state index contributed by atoms with van der Waals surface area (Å²) in [5.41, 5.74) is 0.259. The van der Waals surface area contributed by atoms with Gasteiger partial charge < -0.3 is 16.0 Å². The molecule has 27 heavy (non-hydrogen) atoms. The maximum absolute atomic E-state index is 12.5. The van der Waals surface area contributed by atoms with E-state index < -0.39 is 15.9 Å². The van der Waals surface area contributed by atoms with Gasteiger partial charge in [-0.25, -0.2) is 8.42 Å². The Balaban J connectivity index is 1.94. The Bertz CT molecular complexity index is 858. The van der Waals surface area contributed by atoms with Crippen molar-refractivity contribution in [3.8, 4) is 12.3 Å². The molecule has 3 N–H and O–H groups in total. The molecule has 0 aromatic heterocycles. The summed E-state index contributed by atoms with van der Waals surface area (Å²) >= 11 is 0. The molecule has 1 aliphatic heterocycles. The minimum Gasteiger partial charge on any atom is -0.354 e. The van der Waals surface area contributed by atoms with Crippen LogP contribution in [0.15, 0.2) is 29.2 Å². The van der Waals surface area contributed by atoms with Crippen molar-refractivity contribution in [1.82, 2.24) is 20.3 Å². The molecular weight excluding hydrogens is 372 g/mol. The summed E-state index contributed by atoms with van der Waals surface area (Å²) < 4.78 is 26.2. The lowest BCUT2D eigenvalue weighted by Gasteiger charge is -2.25. The Labute approximate surface area is 157 Å². The number of benzene rings is 1. The van der Waals surface area contributed by atoms with E-state index in [2.05, 4.69) is 21.9 Å². The molecule has 2 rings (SSSR count). The maximum atomic E-state index is 12.5. The molecule has 1 saturated heterocycles. The second kappa shape index (κ2) is 9.16. The van der Waals surface area contributed by atoms with Gasteiger partial charge in [0, 0.05) is 31.6 Å². The molecule has 1 aromatic rings. The fourth-order valence-electron chi connectivity index (χ4n) is 2.38. The van der Waals surface area contributed by atoms with Crippen LogP contribution < -0.4 is 16.0 Å². The molecule has 1 heterocycles. The second-order valence-corrected chi connectivity index (χ2v) is 7.64. The lowest BCUT2D eigenvalue weighted by atomic mass is 10.2. The normalized spacial score (nSPS) is 14.7. The van der Waals surface area contributed by atoms with Crippen molar-refractivity contribution in [2.45, 2.75) is 11.3 Å². The minimum absolute atomic E-state index is 0.00223. The monoisotopic (exact) mass is 392 g/mol. The molecule has 1 fully saturated rings. The van der Waals surface area contributed by atoms with Gasteiger partial charge in [0.2, 0.25) is 21.8 Å². The van der Waals surface area contributed by atoms with Crippen molar-refractivity contribution in [3.05, 3.63) is 29.8 Å². The highest BCUT2D eigenvalue weighted by atomic mass is 32.2. The van der Waals surface area contributed by atoms with Gasteiger partial charge in [-0.3, -0.25) is 14.4 Å². The van der Waals surface area contributed by atoms with Crippen molar-refractivity contribution in [2.75, 3.05) is 32.7 Å². The van der Waals surface area contributed by atoms with Gasteiger partial charge >= 0.3 is 0 Å². The topological polar surface area (TPSA) is 125 Å². The van der Waals surface area contributed by atoms with Crippen molar-refractivity contribution >= 4 is 27.7 Å². The van der Waals surface area contributed by atoms with Crippen molar-refractivity contribution < 1.29 is 22.8 Å². The number of nitrogens with one attached hydrogen (secondary N) is 3. The SMILES string of the molecule is C#CCNC(=O)CCNC(=O)c1ccc(S(=O)(=O)N2CCNC(=O)C2)cc1. The Hall–Kier alpha value is -2.90. The Morgan fingerprint density at radius 2 is 1.93 bits per heavy atom. The van der Waals surface area contributed by atoms with E-state index in [-0.39, 0.29) is 61.4 Å². The van der Waals surface area contributed by atoms with Crippen molar-refractivity contribution in [2.24, 2.45) is 0 Å². The van der Waals surface area contributed by atoms with E-state index in [0.717, 1.165) is 4.31 Å². The van der Waals surface area contributed by atoms with E-state index >= 15 is 0 Å². The Kier molecular flexibility index (Phi) is 6.92. The zero-order chi connectivity index (χ0) is 19.9. The van der Waals surface area contributed by atoms with Gasteiger partial charge in [-0.15, -0.1) is 6.42 Å². The number of rotatable bonds is 7. The number of carbonyl (C=O) groups excluding carboxylic acids is 3. The number of hydrogen-bond acceptors (Lipinski definition) is 5. The molecule has 0 spiro atoms. The van der Waals surface area contributed by atoms with E-state index in [9.17, 15) is 22.8 Å². The lowest BCUT2D eigenvalue weighted by molar-refractivity contribution is -0.122. The third kappa shape index (κ3) is 5.54. The number of amides is 3. The lowest BCUT2D eigenvalue weighted by Crippen LogP contribution is -2.49. The molecule has 10 heteroatoms. The van der Waals surface area contributed by atoms with Crippen LogP contribution in [0.3, 0.4) is 0 Å². The van der Waals surface area contributed by atoms with E-state index in [1.165, 1.54) is 24.3 Å². The molecule has 0 radical (unpaired) electrons. The van der Waals surface area contributed by atoms with E-state index in [1.54, 1.807) is 0 Å². The number of nitrogens with zero attached hydrogens (tertiary/aromatic N) is 1. The van der Waals surface area contributed by atoms with Crippen molar-refractivity contribution in [1.29, 1.82) is 0 Å². The third-order valence-electron chi connectivity index (χ3n) is 3.78. The molecular formula is C17H20N4O5S. The summed E-state index contributed by atoms with van der Waals surface area (Å²) in [5.74, 6) is 1.21. The van der Waals surface area contributed by atoms with Crippen LogP contribution in [0.25, 0.3) is 0 Å². The van der Waals surface area contributed by atoms with Crippen LogP contribution >= 0.6 is 0 Å². The number of terminal acetylenes is 1. The molecule has 9 nitrogen and oxygen atoms in total. The van der Waals surface area contributed by atoms with Crippen LogP contribution in [0.1, 0.15) is 16.8 Å². The Morgan fingerprint density at radius 1 is 1.22 bits per heavy atom. The summed E-state index contributed by atoms with van der Waals surface area (Å²) in [5, 5.41) is 7.61. The highest BCUT2D eigenvalue weighted by molar-refractivity contribution is 7.89. The predicted molar refractivity (Wildman–Crippen MR) is 97.0 cm³/mol. The van der Waals surface area contributed by atoms with Crippen LogP contribution in [-0.4, -0.2) is 63.2 Å². The van der Waals surface area contributed by atoms with E-state index in [1.807, 2.05) is 0 Å².